The molecule has 1 aromatic rings. The Morgan fingerprint density at radius 1 is 1.14 bits per heavy atom. The Morgan fingerprint density at radius 3 is 2.45 bits per heavy atom. The lowest BCUT2D eigenvalue weighted by molar-refractivity contribution is 0.0908. The van der Waals surface area contributed by atoms with Crippen LogP contribution in [-0.4, -0.2) is 24.5 Å². The number of carbonyl (C=O) groups is 2. The van der Waals surface area contributed by atoms with Crippen molar-refractivity contribution >= 4 is 11.9 Å². The monoisotopic (exact) mass is 304 g/mol. The minimum Gasteiger partial charge on any atom is -0.352 e. The fourth-order valence-electron chi connectivity index (χ4n) is 2.89. The Hall–Kier alpha value is -2.08. The van der Waals surface area contributed by atoms with Crippen LogP contribution >= 0.6 is 0 Å². The van der Waals surface area contributed by atoms with Gasteiger partial charge < -0.3 is 22.1 Å². The average Bonchev–Trinajstić information content (AvgIpc) is 2.54. The summed E-state index contributed by atoms with van der Waals surface area (Å²) in [5.41, 5.74) is 12.3. The van der Waals surface area contributed by atoms with Gasteiger partial charge in [-0.1, -0.05) is 25.0 Å². The molecule has 1 fully saturated rings. The fourth-order valence-corrected chi connectivity index (χ4v) is 2.89. The van der Waals surface area contributed by atoms with Gasteiger partial charge in [-0.2, -0.15) is 0 Å². The fraction of sp³-hybridized carbons (Fsp3) is 0.500. The number of hydrogen-bond acceptors (Lipinski definition) is 3. The van der Waals surface area contributed by atoms with Gasteiger partial charge in [-0.05, 0) is 43.0 Å². The Labute approximate surface area is 130 Å². The zero-order chi connectivity index (χ0) is 15.9. The third kappa shape index (κ3) is 4.46. The Morgan fingerprint density at radius 2 is 1.82 bits per heavy atom. The smallest absolute Gasteiger partial charge is 0.312 e. The van der Waals surface area contributed by atoms with Gasteiger partial charge in [0.15, 0.2) is 0 Å². The van der Waals surface area contributed by atoms with Crippen LogP contribution in [0.4, 0.5) is 4.79 Å². The molecule has 120 valence electrons. The molecule has 0 aliphatic heterocycles. The molecule has 2 atom stereocenters. The topological polar surface area (TPSA) is 110 Å². The van der Waals surface area contributed by atoms with Crippen molar-refractivity contribution in [1.29, 1.82) is 0 Å². The van der Waals surface area contributed by atoms with Crippen LogP contribution in [0.5, 0.6) is 0 Å². The maximum absolute atomic E-state index is 12.3. The zero-order valence-corrected chi connectivity index (χ0v) is 12.7. The SMILES string of the molecule is NCC1CCCCC1NC(=O)c1ccc(CNC(N)=O)cc1. The van der Waals surface area contributed by atoms with Gasteiger partial charge in [0.1, 0.15) is 0 Å². The van der Waals surface area contributed by atoms with Crippen LogP contribution in [0.3, 0.4) is 0 Å². The van der Waals surface area contributed by atoms with E-state index in [2.05, 4.69) is 10.6 Å². The van der Waals surface area contributed by atoms with E-state index < -0.39 is 6.03 Å². The van der Waals surface area contributed by atoms with Gasteiger partial charge in [0.2, 0.25) is 0 Å². The second-order valence-electron chi connectivity index (χ2n) is 5.77. The van der Waals surface area contributed by atoms with Crippen molar-refractivity contribution < 1.29 is 9.59 Å². The van der Waals surface area contributed by atoms with E-state index in [0.717, 1.165) is 24.8 Å². The number of carbonyl (C=O) groups excluding carboxylic acids is 2. The van der Waals surface area contributed by atoms with Gasteiger partial charge in [0.05, 0.1) is 0 Å². The molecular weight excluding hydrogens is 280 g/mol. The van der Waals surface area contributed by atoms with Crippen molar-refractivity contribution in [3.63, 3.8) is 0 Å². The third-order valence-electron chi connectivity index (χ3n) is 4.21. The Bertz CT molecular complexity index is 515. The maximum atomic E-state index is 12.3. The summed E-state index contributed by atoms with van der Waals surface area (Å²) < 4.78 is 0. The van der Waals surface area contributed by atoms with E-state index in [9.17, 15) is 9.59 Å². The highest BCUT2D eigenvalue weighted by Crippen LogP contribution is 2.23. The first-order valence-corrected chi connectivity index (χ1v) is 7.73. The van der Waals surface area contributed by atoms with Crippen LogP contribution in [-0.2, 0) is 6.54 Å². The van der Waals surface area contributed by atoms with E-state index in [1.807, 2.05) is 12.1 Å². The minimum atomic E-state index is -0.563. The van der Waals surface area contributed by atoms with Crippen LogP contribution in [0.25, 0.3) is 0 Å². The molecule has 1 aliphatic rings. The van der Waals surface area contributed by atoms with Gasteiger partial charge in [-0.15, -0.1) is 0 Å². The highest BCUT2D eigenvalue weighted by molar-refractivity contribution is 5.94. The molecule has 6 heteroatoms. The molecule has 3 amide bonds. The number of nitrogens with one attached hydrogen (secondary N) is 2. The Balaban J connectivity index is 1.93. The van der Waals surface area contributed by atoms with Gasteiger partial charge in [-0.3, -0.25) is 4.79 Å². The predicted octanol–water partition coefficient (Wildman–Crippen LogP) is 1.10. The van der Waals surface area contributed by atoms with Crippen molar-refractivity contribution in [3.8, 4) is 0 Å². The summed E-state index contributed by atoms with van der Waals surface area (Å²) in [6.45, 7) is 0.970. The lowest BCUT2D eigenvalue weighted by Gasteiger charge is -2.31. The first kappa shape index (κ1) is 16.3. The van der Waals surface area contributed by atoms with Crippen LogP contribution < -0.4 is 22.1 Å². The number of primary amides is 1. The number of urea groups is 1. The molecule has 0 spiro atoms. The second-order valence-corrected chi connectivity index (χ2v) is 5.77. The van der Waals surface area contributed by atoms with E-state index >= 15 is 0 Å². The number of rotatable bonds is 5. The van der Waals surface area contributed by atoms with Gasteiger partial charge in [0, 0.05) is 18.2 Å². The summed E-state index contributed by atoms with van der Waals surface area (Å²) in [5, 5.41) is 5.61. The van der Waals surface area contributed by atoms with Crippen LogP contribution in [0, 0.1) is 5.92 Å². The van der Waals surface area contributed by atoms with E-state index in [1.165, 1.54) is 6.42 Å². The molecule has 6 N–H and O–H groups in total. The molecule has 6 nitrogen and oxygen atoms in total. The zero-order valence-electron chi connectivity index (χ0n) is 12.7. The molecule has 2 rings (SSSR count). The van der Waals surface area contributed by atoms with E-state index in [4.69, 9.17) is 11.5 Å². The highest BCUT2D eigenvalue weighted by Gasteiger charge is 2.25. The summed E-state index contributed by atoms with van der Waals surface area (Å²) in [6.07, 6.45) is 4.41. The van der Waals surface area contributed by atoms with Crippen molar-refractivity contribution in [1.82, 2.24) is 10.6 Å². The molecule has 1 aliphatic carbocycles. The molecular formula is C16H24N4O2. The average molecular weight is 304 g/mol. The summed E-state index contributed by atoms with van der Waals surface area (Å²) in [4.78, 5) is 23.0. The van der Waals surface area contributed by atoms with Crippen molar-refractivity contribution in [2.24, 2.45) is 17.4 Å². The third-order valence-corrected chi connectivity index (χ3v) is 4.21. The predicted molar refractivity (Wildman–Crippen MR) is 85.1 cm³/mol. The maximum Gasteiger partial charge on any atom is 0.312 e. The number of amides is 3. The summed E-state index contributed by atoms with van der Waals surface area (Å²) >= 11 is 0. The van der Waals surface area contributed by atoms with Gasteiger partial charge in [-0.25, -0.2) is 4.79 Å². The summed E-state index contributed by atoms with van der Waals surface area (Å²) in [5.74, 6) is 0.302. The standard InChI is InChI=1S/C16H24N4O2/c17-9-13-3-1-2-4-14(13)20-15(21)12-7-5-11(6-8-12)10-19-16(18)22/h5-8,13-14H,1-4,9-10,17H2,(H,20,21)(H3,18,19,22). The first-order chi connectivity index (χ1) is 10.6. The van der Waals surface area contributed by atoms with Crippen molar-refractivity contribution in [2.45, 2.75) is 38.3 Å². The molecule has 1 saturated carbocycles. The van der Waals surface area contributed by atoms with Gasteiger partial charge in [0.25, 0.3) is 5.91 Å². The summed E-state index contributed by atoms with van der Waals surface area (Å²) in [6, 6.07) is 6.74. The number of hydrogen-bond donors (Lipinski definition) is 4. The normalized spacial score (nSPS) is 21.1. The van der Waals surface area contributed by atoms with Crippen LogP contribution in [0.15, 0.2) is 24.3 Å². The molecule has 1 aromatic carbocycles. The van der Waals surface area contributed by atoms with Crippen LogP contribution in [0.1, 0.15) is 41.6 Å². The molecule has 0 radical (unpaired) electrons. The number of nitrogens with two attached hydrogens (primary N) is 2. The molecule has 0 bridgehead atoms. The van der Waals surface area contributed by atoms with Crippen LogP contribution in [0.2, 0.25) is 0 Å². The first-order valence-electron chi connectivity index (χ1n) is 7.73. The molecule has 0 saturated heterocycles. The second kappa shape index (κ2) is 7.79. The quantitative estimate of drug-likeness (QED) is 0.653. The van der Waals surface area contributed by atoms with E-state index in [0.29, 0.717) is 24.6 Å². The molecule has 0 heterocycles. The Kier molecular flexibility index (Phi) is 5.77. The highest BCUT2D eigenvalue weighted by atomic mass is 16.2. The lowest BCUT2D eigenvalue weighted by Crippen LogP contribution is -2.44. The molecule has 2 unspecified atom stereocenters. The molecule has 22 heavy (non-hydrogen) atoms. The van der Waals surface area contributed by atoms with E-state index in [-0.39, 0.29) is 11.9 Å². The van der Waals surface area contributed by atoms with Gasteiger partial charge >= 0.3 is 6.03 Å². The summed E-state index contributed by atoms with van der Waals surface area (Å²) in [7, 11) is 0. The van der Waals surface area contributed by atoms with E-state index in [1.54, 1.807) is 12.1 Å². The molecule has 0 aromatic heterocycles. The number of benzene rings is 1. The van der Waals surface area contributed by atoms with Crippen molar-refractivity contribution in [3.05, 3.63) is 35.4 Å². The van der Waals surface area contributed by atoms with Crippen molar-refractivity contribution in [2.75, 3.05) is 6.54 Å². The minimum absolute atomic E-state index is 0.0697. The lowest BCUT2D eigenvalue weighted by atomic mass is 9.84. The largest absolute Gasteiger partial charge is 0.352 e.